The quantitative estimate of drug-likeness (QED) is 0.669. The van der Waals surface area contributed by atoms with Crippen molar-refractivity contribution in [2.75, 3.05) is 19.6 Å². The summed E-state index contributed by atoms with van der Waals surface area (Å²) in [7, 11) is 0. The minimum atomic E-state index is -4.04. The fraction of sp³-hybridized carbons (Fsp3) is 1.00. The van der Waals surface area contributed by atoms with Crippen LogP contribution in [0.25, 0.3) is 0 Å². The monoisotopic (exact) mass is 194 g/mol. The summed E-state index contributed by atoms with van der Waals surface area (Å²) in [4.78, 5) is 1.51. The Morgan fingerprint density at radius 2 is 1.69 bits per heavy atom. The maximum absolute atomic E-state index is 12.1. The van der Waals surface area contributed by atoms with Crippen molar-refractivity contribution in [2.24, 2.45) is 0 Å². The molecule has 2 aliphatic rings. The molecular weight excluding hydrogens is 181 g/mol. The number of fused-ring (bicyclic) bond motifs is 2. The first-order valence-electron chi connectivity index (χ1n) is 4.58. The number of likely N-dealkylation sites (tertiary alicyclic amines) is 1. The molecule has 0 aromatic rings. The molecular formula is C8H13F3N2. The molecule has 0 saturated carbocycles. The van der Waals surface area contributed by atoms with E-state index >= 15 is 0 Å². The summed E-state index contributed by atoms with van der Waals surface area (Å²) in [6, 6.07) is 0.585. The van der Waals surface area contributed by atoms with Crippen LogP contribution >= 0.6 is 0 Å². The van der Waals surface area contributed by atoms with Gasteiger partial charge in [-0.3, -0.25) is 4.90 Å². The second-order valence-corrected chi connectivity index (χ2v) is 3.95. The van der Waals surface area contributed by atoms with Gasteiger partial charge in [-0.2, -0.15) is 13.2 Å². The molecule has 0 aromatic carbocycles. The van der Waals surface area contributed by atoms with Crippen molar-refractivity contribution in [3.63, 3.8) is 0 Å². The highest BCUT2D eigenvalue weighted by atomic mass is 19.4. The van der Waals surface area contributed by atoms with E-state index in [2.05, 4.69) is 5.32 Å². The van der Waals surface area contributed by atoms with Crippen molar-refractivity contribution in [3.8, 4) is 0 Å². The molecule has 0 radical (unpaired) electrons. The maximum atomic E-state index is 12.1. The molecule has 0 spiro atoms. The third-order valence-electron chi connectivity index (χ3n) is 2.70. The Morgan fingerprint density at radius 1 is 1.15 bits per heavy atom. The molecule has 2 heterocycles. The Labute approximate surface area is 75.1 Å². The number of hydrogen-bond acceptors (Lipinski definition) is 2. The molecule has 2 bridgehead atoms. The van der Waals surface area contributed by atoms with Crippen LogP contribution in [-0.4, -0.2) is 42.8 Å². The van der Waals surface area contributed by atoms with Crippen LogP contribution in [-0.2, 0) is 0 Å². The zero-order valence-corrected chi connectivity index (χ0v) is 7.27. The van der Waals surface area contributed by atoms with E-state index in [0.29, 0.717) is 25.2 Å². The van der Waals surface area contributed by atoms with Crippen LogP contribution in [0.2, 0.25) is 0 Å². The second kappa shape index (κ2) is 3.13. The Bertz CT molecular complexity index is 180. The number of piperazine rings is 1. The second-order valence-electron chi connectivity index (χ2n) is 3.95. The summed E-state index contributed by atoms with van der Waals surface area (Å²) in [5, 5.41) is 3.30. The van der Waals surface area contributed by atoms with Crippen LogP contribution in [0.15, 0.2) is 0 Å². The van der Waals surface area contributed by atoms with E-state index in [0.717, 1.165) is 12.8 Å². The van der Waals surface area contributed by atoms with Gasteiger partial charge in [-0.1, -0.05) is 0 Å². The van der Waals surface area contributed by atoms with Gasteiger partial charge in [-0.05, 0) is 12.8 Å². The van der Waals surface area contributed by atoms with Crippen LogP contribution in [0, 0.1) is 0 Å². The van der Waals surface area contributed by atoms with Gasteiger partial charge in [0.15, 0.2) is 0 Å². The third-order valence-corrected chi connectivity index (χ3v) is 2.70. The van der Waals surface area contributed by atoms with Crippen LogP contribution < -0.4 is 5.32 Å². The first kappa shape index (κ1) is 9.27. The van der Waals surface area contributed by atoms with Crippen molar-refractivity contribution in [1.29, 1.82) is 0 Å². The van der Waals surface area contributed by atoms with E-state index < -0.39 is 12.7 Å². The normalized spacial score (nSPS) is 35.3. The summed E-state index contributed by atoms with van der Waals surface area (Å²) in [6.07, 6.45) is -1.99. The van der Waals surface area contributed by atoms with Crippen molar-refractivity contribution in [2.45, 2.75) is 31.1 Å². The Morgan fingerprint density at radius 3 is 2.15 bits per heavy atom. The molecule has 0 aliphatic carbocycles. The first-order chi connectivity index (χ1) is 6.03. The SMILES string of the molecule is FC(F)(F)CN1C[C@H]2CC[C@@H](C1)N2. The maximum Gasteiger partial charge on any atom is 0.401 e. The predicted octanol–water partition coefficient (Wildman–Crippen LogP) is 0.985. The number of nitrogens with one attached hydrogen (secondary N) is 1. The van der Waals surface area contributed by atoms with E-state index in [9.17, 15) is 13.2 Å². The zero-order chi connectivity index (χ0) is 9.47. The first-order valence-corrected chi connectivity index (χ1v) is 4.58. The average molecular weight is 194 g/mol. The number of rotatable bonds is 1. The zero-order valence-electron chi connectivity index (χ0n) is 7.27. The van der Waals surface area contributed by atoms with E-state index in [4.69, 9.17) is 0 Å². The summed E-state index contributed by atoms with van der Waals surface area (Å²) >= 11 is 0. The van der Waals surface area contributed by atoms with E-state index in [1.807, 2.05) is 0 Å². The molecule has 2 nitrogen and oxygen atoms in total. The molecule has 0 amide bonds. The van der Waals surface area contributed by atoms with Crippen LogP contribution in [0.3, 0.4) is 0 Å². The summed E-state index contributed by atoms with van der Waals surface area (Å²) in [5.74, 6) is 0. The van der Waals surface area contributed by atoms with E-state index in [1.54, 1.807) is 0 Å². The third kappa shape index (κ3) is 2.34. The molecule has 13 heavy (non-hydrogen) atoms. The fourth-order valence-corrected chi connectivity index (χ4v) is 2.27. The van der Waals surface area contributed by atoms with Gasteiger partial charge in [-0.25, -0.2) is 0 Å². The number of alkyl halides is 3. The van der Waals surface area contributed by atoms with Gasteiger partial charge in [-0.15, -0.1) is 0 Å². The van der Waals surface area contributed by atoms with Crippen molar-refractivity contribution >= 4 is 0 Å². The van der Waals surface area contributed by atoms with Gasteiger partial charge in [0, 0.05) is 25.2 Å². The highest BCUT2D eigenvalue weighted by molar-refractivity contribution is 4.93. The van der Waals surface area contributed by atoms with Gasteiger partial charge < -0.3 is 5.32 Å². The molecule has 5 heteroatoms. The Kier molecular flexibility index (Phi) is 2.23. The Hall–Kier alpha value is -0.290. The highest BCUT2D eigenvalue weighted by Gasteiger charge is 2.37. The molecule has 2 saturated heterocycles. The standard InChI is InChI=1S/C8H13F3N2/c9-8(10,11)5-13-3-6-1-2-7(4-13)12-6/h6-7,12H,1-5H2/t6-,7+. The van der Waals surface area contributed by atoms with Crippen LogP contribution in [0.4, 0.5) is 13.2 Å². The van der Waals surface area contributed by atoms with Gasteiger partial charge in [0.2, 0.25) is 0 Å². The lowest BCUT2D eigenvalue weighted by Crippen LogP contribution is -2.53. The lowest BCUT2D eigenvalue weighted by atomic mass is 10.2. The van der Waals surface area contributed by atoms with Crippen molar-refractivity contribution < 1.29 is 13.2 Å². The predicted molar refractivity (Wildman–Crippen MR) is 42.4 cm³/mol. The highest BCUT2D eigenvalue weighted by Crippen LogP contribution is 2.23. The van der Waals surface area contributed by atoms with Crippen molar-refractivity contribution in [3.05, 3.63) is 0 Å². The summed E-state index contributed by atoms with van der Waals surface area (Å²) in [6.45, 7) is 0.355. The molecule has 0 unspecified atom stereocenters. The number of hydrogen-bond donors (Lipinski definition) is 1. The summed E-state index contributed by atoms with van der Waals surface area (Å²) < 4.78 is 36.2. The molecule has 2 atom stereocenters. The topological polar surface area (TPSA) is 15.3 Å². The van der Waals surface area contributed by atoms with E-state index in [1.165, 1.54) is 4.90 Å². The molecule has 0 aromatic heterocycles. The molecule has 2 aliphatic heterocycles. The molecule has 2 fully saturated rings. The van der Waals surface area contributed by atoms with Gasteiger partial charge in [0.05, 0.1) is 6.54 Å². The summed E-state index contributed by atoms with van der Waals surface area (Å²) in [5.41, 5.74) is 0. The average Bonchev–Trinajstić information content (AvgIpc) is 2.27. The number of nitrogens with zero attached hydrogens (tertiary/aromatic N) is 1. The molecule has 76 valence electrons. The van der Waals surface area contributed by atoms with Crippen LogP contribution in [0.5, 0.6) is 0 Å². The Balaban J connectivity index is 1.88. The fourth-order valence-electron chi connectivity index (χ4n) is 2.27. The van der Waals surface area contributed by atoms with Crippen LogP contribution in [0.1, 0.15) is 12.8 Å². The van der Waals surface area contributed by atoms with E-state index in [-0.39, 0.29) is 0 Å². The number of halogens is 3. The van der Waals surface area contributed by atoms with Gasteiger partial charge in [0.25, 0.3) is 0 Å². The van der Waals surface area contributed by atoms with Crippen molar-refractivity contribution in [1.82, 2.24) is 10.2 Å². The lowest BCUT2D eigenvalue weighted by Gasteiger charge is -2.33. The minimum absolute atomic E-state index is 0.293. The molecule has 2 rings (SSSR count). The molecule has 1 N–H and O–H groups in total. The largest absolute Gasteiger partial charge is 0.401 e. The lowest BCUT2D eigenvalue weighted by molar-refractivity contribution is -0.148. The smallest absolute Gasteiger partial charge is 0.309 e. The minimum Gasteiger partial charge on any atom is -0.309 e. The van der Waals surface area contributed by atoms with Gasteiger partial charge in [0.1, 0.15) is 0 Å². The van der Waals surface area contributed by atoms with Gasteiger partial charge >= 0.3 is 6.18 Å².